The summed E-state index contributed by atoms with van der Waals surface area (Å²) in [4.78, 5) is 29.8. The van der Waals surface area contributed by atoms with Gasteiger partial charge in [-0.1, -0.05) is 6.58 Å². The Bertz CT molecular complexity index is 535. The zero-order valence-electron chi connectivity index (χ0n) is 12.3. The average molecular weight is 335 g/mol. The van der Waals surface area contributed by atoms with Gasteiger partial charge < -0.3 is 16.0 Å². The van der Waals surface area contributed by atoms with Crippen molar-refractivity contribution in [3.05, 3.63) is 12.4 Å². The number of amides is 2. The highest BCUT2D eigenvalue weighted by Crippen LogP contribution is 2.11. The van der Waals surface area contributed by atoms with Gasteiger partial charge in [0.25, 0.3) is 0 Å². The van der Waals surface area contributed by atoms with E-state index in [0.29, 0.717) is 13.0 Å². The number of nitrogens with two attached hydrogens (primary N) is 1. The Kier molecular flexibility index (Phi) is 6.59. The fraction of sp³-hybridized carbons (Fsp3) is 0.636. The van der Waals surface area contributed by atoms with Crippen molar-refractivity contribution in [1.29, 1.82) is 0 Å². The van der Waals surface area contributed by atoms with Crippen molar-refractivity contribution in [1.82, 2.24) is 20.4 Å². The molecule has 0 aromatic heterocycles. The number of hydroxylamine groups is 1. The molecular formula is C11H21N5O5S. The lowest BCUT2D eigenvalue weighted by molar-refractivity contribution is -0.134. The minimum Gasteiger partial charge on any atom is -0.384 e. The van der Waals surface area contributed by atoms with Crippen LogP contribution < -0.4 is 21.3 Å². The molecule has 1 rings (SSSR count). The molecule has 0 saturated carbocycles. The second-order valence-corrected chi connectivity index (χ2v) is 6.60. The molecule has 1 aliphatic rings. The first-order valence-corrected chi connectivity index (χ1v) is 8.43. The Morgan fingerprint density at radius 1 is 1.55 bits per heavy atom. The Balaban J connectivity index is 2.28. The van der Waals surface area contributed by atoms with Gasteiger partial charge in [0.05, 0.1) is 19.4 Å². The van der Waals surface area contributed by atoms with Gasteiger partial charge in [0, 0.05) is 13.1 Å². The van der Waals surface area contributed by atoms with Crippen LogP contribution in [0.5, 0.6) is 0 Å². The highest BCUT2D eigenvalue weighted by Gasteiger charge is 2.34. The maximum absolute atomic E-state index is 11.9. The molecule has 0 aliphatic carbocycles. The van der Waals surface area contributed by atoms with Crippen molar-refractivity contribution >= 4 is 21.8 Å². The number of nitrogens with one attached hydrogen (secondary N) is 3. The normalized spacial score (nSPS) is 18.3. The van der Waals surface area contributed by atoms with Gasteiger partial charge in [0.15, 0.2) is 0 Å². The van der Waals surface area contributed by atoms with Crippen molar-refractivity contribution in [2.75, 3.05) is 32.5 Å². The predicted molar refractivity (Wildman–Crippen MR) is 78.4 cm³/mol. The first-order valence-electron chi connectivity index (χ1n) is 6.54. The summed E-state index contributed by atoms with van der Waals surface area (Å²) in [5, 5.41) is 2.56. The van der Waals surface area contributed by atoms with E-state index < -0.39 is 22.0 Å². The van der Waals surface area contributed by atoms with Crippen molar-refractivity contribution in [2.24, 2.45) is 5.73 Å². The molecule has 0 aromatic rings. The van der Waals surface area contributed by atoms with E-state index in [1.54, 1.807) is 0 Å². The van der Waals surface area contributed by atoms with Crippen molar-refractivity contribution in [3.63, 3.8) is 0 Å². The summed E-state index contributed by atoms with van der Waals surface area (Å²) < 4.78 is 24.5. The molecule has 5 N–H and O–H groups in total. The molecule has 0 bridgehead atoms. The van der Waals surface area contributed by atoms with E-state index in [1.165, 1.54) is 4.90 Å². The standard InChI is InChI=1S/C11H21N5O5S/c1-8(12)14-21-6-4-13-10(17)7-16-5-3-9(11(16)18)15-22(2,19)20/h9,14-15H,1,3-7,12H2,2H3,(H,13,17). The summed E-state index contributed by atoms with van der Waals surface area (Å²) in [6.45, 7) is 3.96. The molecule has 1 aliphatic heterocycles. The third-order valence-corrected chi connectivity index (χ3v) is 3.43. The molecule has 0 aromatic carbocycles. The van der Waals surface area contributed by atoms with Gasteiger partial charge in [-0.25, -0.2) is 13.1 Å². The first kappa shape index (κ1) is 18.2. The van der Waals surface area contributed by atoms with Gasteiger partial charge in [-0.3, -0.25) is 19.9 Å². The minimum atomic E-state index is -3.46. The average Bonchev–Trinajstić information content (AvgIpc) is 2.69. The Morgan fingerprint density at radius 3 is 2.82 bits per heavy atom. The second-order valence-electron chi connectivity index (χ2n) is 4.82. The van der Waals surface area contributed by atoms with Crippen LogP contribution in [-0.4, -0.2) is 63.7 Å². The largest absolute Gasteiger partial charge is 0.384 e. The number of rotatable bonds is 9. The molecule has 1 heterocycles. The van der Waals surface area contributed by atoms with Gasteiger partial charge in [-0.15, -0.1) is 0 Å². The van der Waals surface area contributed by atoms with Crippen LogP contribution in [0.4, 0.5) is 0 Å². The maximum Gasteiger partial charge on any atom is 0.241 e. The number of nitrogens with zero attached hydrogens (tertiary/aromatic N) is 1. The van der Waals surface area contributed by atoms with Gasteiger partial charge in [-0.2, -0.15) is 0 Å². The van der Waals surface area contributed by atoms with Gasteiger partial charge in [0.2, 0.25) is 21.8 Å². The number of hydrogen-bond acceptors (Lipinski definition) is 7. The van der Waals surface area contributed by atoms with Gasteiger partial charge >= 0.3 is 0 Å². The second kappa shape index (κ2) is 7.96. The third-order valence-electron chi connectivity index (χ3n) is 2.72. The Labute approximate surface area is 129 Å². The van der Waals surface area contributed by atoms with E-state index >= 15 is 0 Å². The zero-order chi connectivity index (χ0) is 16.8. The van der Waals surface area contributed by atoms with E-state index in [-0.39, 0.29) is 31.4 Å². The van der Waals surface area contributed by atoms with Crippen LogP contribution in [-0.2, 0) is 24.4 Å². The SMILES string of the molecule is C=C(N)NOCCNC(=O)CN1CCC(NS(C)(=O)=O)C1=O. The monoisotopic (exact) mass is 335 g/mol. The van der Waals surface area contributed by atoms with Crippen LogP contribution in [0.2, 0.25) is 0 Å². The quantitative estimate of drug-likeness (QED) is 0.263. The van der Waals surface area contributed by atoms with Gasteiger partial charge in [0.1, 0.15) is 11.9 Å². The molecule has 1 unspecified atom stereocenters. The molecular weight excluding hydrogens is 314 g/mol. The van der Waals surface area contributed by atoms with Crippen molar-refractivity contribution in [3.8, 4) is 0 Å². The fourth-order valence-electron chi connectivity index (χ4n) is 1.88. The lowest BCUT2D eigenvalue weighted by Gasteiger charge is -2.16. The maximum atomic E-state index is 11.9. The molecule has 126 valence electrons. The summed E-state index contributed by atoms with van der Waals surface area (Å²) in [5.74, 6) is -0.611. The van der Waals surface area contributed by atoms with E-state index in [1.807, 2.05) is 0 Å². The summed E-state index contributed by atoms with van der Waals surface area (Å²) >= 11 is 0. The van der Waals surface area contributed by atoms with Crippen LogP contribution in [0.1, 0.15) is 6.42 Å². The highest BCUT2D eigenvalue weighted by atomic mass is 32.2. The number of likely N-dealkylation sites (tertiary alicyclic amines) is 1. The molecule has 1 atom stereocenters. The molecule has 0 spiro atoms. The van der Waals surface area contributed by atoms with Crippen LogP contribution >= 0.6 is 0 Å². The smallest absolute Gasteiger partial charge is 0.241 e. The van der Waals surface area contributed by atoms with E-state index in [2.05, 4.69) is 22.1 Å². The molecule has 11 heteroatoms. The van der Waals surface area contributed by atoms with Crippen LogP contribution in [0.3, 0.4) is 0 Å². The topological polar surface area (TPSA) is 143 Å². The zero-order valence-corrected chi connectivity index (χ0v) is 13.1. The van der Waals surface area contributed by atoms with Gasteiger partial charge in [-0.05, 0) is 6.42 Å². The lowest BCUT2D eigenvalue weighted by Crippen LogP contribution is -2.44. The molecule has 22 heavy (non-hydrogen) atoms. The van der Waals surface area contributed by atoms with Crippen LogP contribution in [0, 0.1) is 0 Å². The first-order chi connectivity index (χ1) is 10.2. The summed E-state index contributed by atoms with van der Waals surface area (Å²) in [5.41, 5.74) is 7.53. The van der Waals surface area contributed by atoms with E-state index in [9.17, 15) is 18.0 Å². The van der Waals surface area contributed by atoms with E-state index in [4.69, 9.17) is 10.6 Å². The number of sulfonamides is 1. The fourth-order valence-corrected chi connectivity index (χ4v) is 2.61. The molecule has 1 fully saturated rings. The Hall–Kier alpha value is -1.85. The van der Waals surface area contributed by atoms with Crippen molar-refractivity contribution in [2.45, 2.75) is 12.5 Å². The lowest BCUT2D eigenvalue weighted by atomic mass is 10.3. The Morgan fingerprint density at radius 2 is 2.23 bits per heavy atom. The van der Waals surface area contributed by atoms with E-state index in [0.717, 1.165) is 6.26 Å². The van der Waals surface area contributed by atoms with Crippen LogP contribution in [0.25, 0.3) is 0 Å². The highest BCUT2D eigenvalue weighted by molar-refractivity contribution is 7.88. The molecule has 10 nitrogen and oxygen atoms in total. The predicted octanol–water partition coefficient (Wildman–Crippen LogP) is -2.80. The molecule has 2 amide bonds. The number of hydrogen-bond donors (Lipinski definition) is 4. The summed E-state index contributed by atoms with van der Waals surface area (Å²) in [6.07, 6.45) is 1.32. The summed E-state index contributed by atoms with van der Waals surface area (Å²) in [7, 11) is -3.46. The third kappa shape index (κ3) is 6.74. The molecule has 1 saturated heterocycles. The van der Waals surface area contributed by atoms with Crippen LogP contribution in [0.15, 0.2) is 12.4 Å². The molecule has 0 radical (unpaired) electrons. The minimum absolute atomic E-state index is 0.127. The number of carbonyl (C=O) groups is 2. The summed E-state index contributed by atoms with van der Waals surface area (Å²) in [6, 6.07) is -0.800. The number of carbonyl (C=O) groups excluding carboxylic acids is 2. The van der Waals surface area contributed by atoms with Crippen molar-refractivity contribution < 1.29 is 22.8 Å².